The normalized spacial score (nSPS) is 13.6. The predicted octanol–water partition coefficient (Wildman–Crippen LogP) is 3.74. The lowest BCUT2D eigenvalue weighted by molar-refractivity contribution is 0.837. The standard InChI is InChI=1S/C17H22N2/c1-12-9-16(13(2)19(12)3)11-18-17-8-7-14-5-4-6-15(14)10-17/h7-10,18H,4-6,11H2,1-3H3. The molecular formula is C17H22N2. The van der Waals surface area contributed by atoms with E-state index in [1.54, 1.807) is 0 Å². The first-order chi connectivity index (χ1) is 9.15. The topological polar surface area (TPSA) is 17.0 Å². The van der Waals surface area contributed by atoms with Crippen LogP contribution in [0, 0.1) is 13.8 Å². The number of rotatable bonds is 3. The summed E-state index contributed by atoms with van der Waals surface area (Å²) < 4.78 is 2.25. The lowest BCUT2D eigenvalue weighted by Gasteiger charge is -2.09. The van der Waals surface area contributed by atoms with Crippen LogP contribution >= 0.6 is 0 Å². The first-order valence-electron chi connectivity index (χ1n) is 7.12. The third-order valence-electron chi connectivity index (χ3n) is 4.46. The third kappa shape index (κ3) is 2.27. The van der Waals surface area contributed by atoms with Crippen molar-refractivity contribution in [1.82, 2.24) is 4.57 Å². The monoisotopic (exact) mass is 254 g/mol. The van der Waals surface area contributed by atoms with Crippen molar-refractivity contribution in [3.05, 3.63) is 52.3 Å². The molecule has 1 aliphatic rings. The molecule has 0 saturated heterocycles. The quantitative estimate of drug-likeness (QED) is 0.883. The maximum absolute atomic E-state index is 3.56. The number of hydrogen-bond acceptors (Lipinski definition) is 1. The van der Waals surface area contributed by atoms with Gasteiger partial charge in [-0.1, -0.05) is 6.07 Å². The molecule has 2 heteroatoms. The molecule has 0 bridgehead atoms. The van der Waals surface area contributed by atoms with Crippen molar-refractivity contribution >= 4 is 5.69 Å². The van der Waals surface area contributed by atoms with Crippen molar-refractivity contribution in [2.24, 2.45) is 7.05 Å². The van der Waals surface area contributed by atoms with Gasteiger partial charge in [-0.2, -0.15) is 0 Å². The van der Waals surface area contributed by atoms with Crippen molar-refractivity contribution in [2.75, 3.05) is 5.32 Å². The summed E-state index contributed by atoms with van der Waals surface area (Å²) in [7, 11) is 2.13. The molecule has 0 spiro atoms. The fourth-order valence-corrected chi connectivity index (χ4v) is 2.99. The van der Waals surface area contributed by atoms with Crippen LogP contribution < -0.4 is 5.32 Å². The van der Waals surface area contributed by atoms with E-state index < -0.39 is 0 Å². The van der Waals surface area contributed by atoms with Crippen LogP contribution in [0.2, 0.25) is 0 Å². The van der Waals surface area contributed by atoms with E-state index in [2.05, 4.69) is 55.0 Å². The molecule has 0 amide bonds. The van der Waals surface area contributed by atoms with Crippen LogP contribution in [0.25, 0.3) is 0 Å². The van der Waals surface area contributed by atoms with Crippen molar-refractivity contribution < 1.29 is 0 Å². The zero-order valence-corrected chi connectivity index (χ0v) is 12.1. The second-order valence-electron chi connectivity index (χ2n) is 5.65. The van der Waals surface area contributed by atoms with Gasteiger partial charge in [-0.3, -0.25) is 0 Å². The minimum atomic E-state index is 0.909. The molecule has 100 valence electrons. The Morgan fingerprint density at radius 3 is 2.63 bits per heavy atom. The molecule has 1 heterocycles. The highest BCUT2D eigenvalue weighted by Gasteiger charge is 2.11. The summed E-state index contributed by atoms with van der Waals surface area (Å²) in [6.07, 6.45) is 3.82. The molecule has 1 aromatic carbocycles. The van der Waals surface area contributed by atoms with Crippen LogP contribution in [0.5, 0.6) is 0 Å². The summed E-state index contributed by atoms with van der Waals surface area (Å²) in [6.45, 7) is 5.25. The Labute approximate surface area is 115 Å². The fraction of sp³-hybridized carbons (Fsp3) is 0.412. The van der Waals surface area contributed by atoms with Gasteiger partial charge in [0.05, 0.1) is 0 Å². The van der Waals surface area contributed by atoms with E-state index in [-0.39, 0.29) is 0 Å². The summed E-state index contributed by atoms with van der Waals surface area (Å²) in [6, 6.07) is 9.10. The van der Waals surface area contributed by atoms with Crippen LogP contribution in [0.3, 0.4) is 0 Å². The van der Waals surface area contributed by atoms with Gasteiger partial charge < -0.3 is 9.88 Å². The number of nitrogens with one attached hydrogen (secondary N) is 1. The molecular weight excluding hydrogens is 232 g/mol. The van der Waals surface area contributed by atoms with Crippen LogP contribution in [0.1, 0.15) is 34.5 Å². The summed E-state index contributed by atoms with van der Waals surface area (Å²) in [5, 5.41) is 3.56. The lowest BCUT2D eigenvalue weighted by Crippen LogP contribution is -2.02. The Hall–Kier alpha value is -1.70. The van der Waals surface area contributed by atoms with Gasteiger partial charge in [-0.15, -0.1) is 0 Å². The molecule has 0 saturated carbocycles. The summed E-state index contributed by atoms with van der Waals surface area (Å²) in [5.74, 6) is 0. The van der Waals surface area contributed by atoms with E-state index in [1.165, 1.54) is 53.0 Å². The average molecular weight is 254 g/mol. The Morgan fingerprint density at radius 2 is 1.89 bits per heavy atom. The molecule has 1 aliphatic carbocycles. The van der Waals surface area contributed by atoms with Crippen molar-refractivity contribution in [1.29, 1.82) is 0 Å². The number of anilines is 1. The van der Waals surface area contributed by atoms with E-state index in [0.29, 0.717) is 0 Å². The number of hydrogen-bond donors (Lipinski definition) is 1. The molecule has 0 aliphatic heterocycles. The molecule has 0 atom stereocenters. The highest BCUT2D eigenvalue weighted by molar-refractivity contribution is 5.50. The molecule has 0 fully saturated rings. The third-order valence-corrected chi connectivity index (χ3v) is 4.46. The molecule has 0 unspecified atom stereocenters. The van der Waals surface area contributed by atoms with Gasteiger partial charge in [0.1, 0.15) is 0 Å². The minimum Gasteiger partial charge on any atom is -0.381 e. The Morgan fingerprint density at radius 1 is 1.11 bits per heavy atom. The molecule has 2 nitrogen and oxygen atoms in total. The van der Waals surface area contributed by atoms with Crippen molar-refractivity contribution in [2.45, 2.75) is 39.7 Å². The molecule has 1 aromatic heterocycles. The lowest BCUT2D eigenvalue weighted by atomic mass is 10.1. The zero-order chi connectivity index (χ0) is 13.4. The van der Waals surface area contributed by atoms with Gasteiger partial charge in [-0.25, -0.2) is 0 Å². The van der Waals surface area contributed by atoms with E-state index in [4.69, 9.17) is 0 Å². The van der Waals surface area contributed by atoms with Gasteiger partial charge >= 0.3 is 0 Å². The SMILES string of the molecule is Cc1cc(CNc2ccc3c(c2)CCC3)c(C)n1C. The second kappa shape index (κ2) is 4.76. The predicted molar refractivity (Wildman–Crippen MR) is 80.7 cm³/mol. The van der Waals surface area contributed by atoms with Crippen LogP contribution in [0.4, 0.5) is 5.69 Å². The smallest absolute Gasteiger partial charge is 0.0418 e. The highest BCUT2D eigenvalue weighted by atomic mass is 15.0. The van der Waals surface area contributed by atoms with Gasteiger partial charge in [0.25, 0.3) is 0 Å². The van der Waals surface area contributed by atoms with E-state index in [1.807, 2.05) is 0 Å². The first kappa shape index (κ1) is 12.3. The van der Waals surface area contributed by atoms with Crippen molar-refractivity contribution in [3.8, 4) is 0 Å². The molecule has 1 N–H and O–H groups in total. The molecule has 3 rings (SSSR count). The van der Waals surface area contributed by atoms with Crippen LogP contribution in [-0.4, -0.2) is 4.57 Å². The van der Waals surface area contributed by atoms with E-state index in [0.717, 1.165) is 6.54 Å². The summed E-state index contributed by atoms with van der Waals surface area (Å²) in [5.41, 5.74) is 8.39. The summed E-state index contributed by atoms with van der Waals surface area (Å²) in [4.78, 5) is 0. The highest BCUT2D eigenvalue weighted by Crippen LogP contribution is 2.25. The fourth-order valence-electron chi connectivity index (χ4n) is 2.99. The number of benzene rings is 1. The van der Waals surface area contributed by atoms with Crippen LogP contribution in [0.15, 0.2) is 24.3 Å². The van der Waals surface area contributed by atoms with E-state index in [9.17, 15) is 0 Å². The number of fused-ring (bicyclic) bond motifs is 1. The number of aryl methyl sites for hydroxylation is 3. The maximum atomic E-state index is 3.56. The Kier molecular flexibility index (Phi) is 3.09. The first-order valence-corrected chi connectivity index (χ1v) is 7.12. The molecule has 0 radical (unpaired) electrons. The minimum absolute atomic E-state index is 0.909. The maximum Gasteiger partial charge on any atom is 0.0418 e. The summed E-state index contributed by atoms with van der Waals surface area (Å²) >= 11 is 0. The van der Waals surface area contributed by atoms with Crippen molar-refractivity contribution in [3.63, 3.8) is 0 Å². The Balaban J connectivity index is 1.74. The second-order valence-corrected chi connectivity index (χ2v) is 5.65. The van der Waals surface area contributed by atoms with Gasteiger partial charge in [0.15, 0.2) is 0 Å². The van der Waals surface area contributed by atoms with E-state index >= 15 is 0 Å². The molecule has 2 aromatic rings. The zero-order valence-electron chi connectivity index (χ0n) is 12.1. The molecule has 19 heavy (non-hydrogen) atoms. The van der Waals surface area contributed by atoms with Gasteiger partial charge in [-0.05, 0) is 68.0 Å². The van der Waals surface area contributed by atoms with Gasteiger partial charge in [0.2, 0.25) is 0 Å². The number of aromatic nitrogens is 1. The largest absolute Gasteiger partial charge is 0.381 e. The van der Waals surface area contributed by atoms with Crippen LogP contribution in [-0.2, 0) is 26.4 Å². The van der Waals surface area contributed by atoms with Gasteiger partial charge in [0, 0.05) is 30.7 Å². The average Bonchev–Trinajstić information content (AvgIpc) is 2.96. The Bertz CT molecular complexity index is 608. The number of nitrogens with zero attached hydrogens (tertiary/aromatic N) is 1.